The smallest absolute Gasteiger partial charge is 0.334 e. The fourth-order valence-corrected chi connectivity index (χ4v) is 3.72. The SMILES string of the molecule is CCCc1nn(C)c(N2C[C@@H]3CCCN[C@@H]3C2)c1[N+](=O)[O-]. The summed E-state index contributed by atoms with van der Waals surface area (Å²) in [5, 5.41) is 19.4. The van der Waals surface area contributed by atoms with E-state index in [2.05, 4.69) is 15.3 Å². The largest absolute Gasteiger partial charge is 0.349 e. The Bertz CT molecular complexity index is 528. The molecule has 2 aliphatic rings. The van der Waals surface area contributed by atoms with Crippen LogP contribution in [0.3, 0.4) is 0 Å². The van der Waals surface area contributed by atoms with Crippen LogP contribution in [-0.2, 0) is 13.5 Å². The number of aromatic nitrogens is 2. The Labute approximate surface area is 124 Å². The number of nitrogens with one attached hydrogen (secondary N) is 1. The molecule has 0 amide bonds. The van der Waals surface area contributed by atoms with Crippen LogP contribution < -0.4 is 10.2 Å². The zero-order valence-corrected chi connectivity index (χ0v) is 12.7. The molecule has 0 aromatic carbocycles. The Kier molecular flexibility index (Phi) is 3.84. The van der Waals surface area contributed by atoms with Crippen LogP contribution in [-0.4, -0.2) is 40.4 Å². The van der Waals surface area contributed by atoms with Gasteiger partial charge in [0, 0.05) is 26.2 Å². The van der Waals surface area contributed by atoms with Crippen molar-refractivity contribution in [3.8, 4) is 0 Å². The van der Waals surface area contributed by atoms with Crippen molar-refractivity contribution < 1.29 is 4.92 Å². The van der Waals surface area contributed by atoms with Crippen LogP contribution >= 0.6 is 0 Å². The third-order valence-corrected chi connectivity index (χ3v) is 4.63. The van der Waals surface area contributed by atoms with Crippen LogP contribution in [0.1, 0.15) is 31.9 Å². The van der Waals surface area contributed by atoms with E-state index in [1.54, 1.807) is 4.68 Å². The molecule has 1 aromatic rings. The molecular formula is C14H23N5O2. The molecule has 21 heavy (non-hydrogen) atoms. The van der Waals surface area contributed by atoms with E-state index in [9.17, 15) is 10.1 Å². The monoisotopic (exact) mass is 293 g/mol. The van der Waals surface area contributed by atoms with Crippen molar-refractivity contribution in [3.63, 3.8) is 0 Å². The molecule has 7 nitrogen and oxygen atoms in total. The number of fused-ring (bicyclic) bond motifs is 1. The summed E-state index contributed by atoms with van der Waals surface area (Å²) in [5.41, 5.74) is 0.820. The van der Waals surface area contributed by atoms with Gasteiger partial charge in [0.15, 0.2) is 0 Å². The molecule has 116 valence electrons. The van der Waals surface area contributed by atoms with Crippen LogP contribution in [0.25, 0.3) is 0 Å². The number of nitro groups is 1. The second-order valence-electron chi connectivity index (χ2n) is 6.12. The number of piperidine rings is 1. The lowest BCUT2D eigenvalue weighted by Gasteiger charge is -2.24. The van der Waals surface area contributed by atoms with Gasteiger partial charge in [-0.05, 0) is 31.7 Å². The van der Waals surface area contributed by atoms with E-state index >= 15 is 0 Å². The maximum absolute atomic E-state index is 11.5. The van der Waals surface area contributed by atoms with Gasteiger partial charge < -0.3 is 10.2 Å². The summed E-state index contributed by atoms with van der Waals surface area (Å²) >= 11 is 0. The Hall–Kier alpha value is -1.63. The van der Waals surface area contributed by atoms with Gasteiger partial charge in [-0.1, -0.05) is 13.3 Å². The fraction of sp³-hybridized carbons (Fsp3) is 0.786. The van der Waals surface area contributed by atoms with Crippen LogP contribution in [0.5, 0.6) is 0 Å². The molecule has 0 saturated carbocycles. The highest BCUT2D eigenvalue weighted by atomic mass is 16.6. The lowest BCUT2D eigenvalue weighted by molar-refractivity contribution is -0.384. The van der Waals surface area contributed by atoms with Crippen molar-refractivity contribution in [2.75, 3.05) is 24.5 Å². The van der Waals surface area contributed by atoms with E-state index in [1.165, 1.54) is 12.8 Å². The van der Waals surface area contributed by atoms with Crippen molar-refractivity contribution in [1.82, 2.24) is 15.1 Å². The zero-order chi connectivity index (χ0) is 15.0. The highest BCUT2D eigenvalue weighted by Crippen LogP contribution is 2.36. The normalized spacial score (nSPS) is 25.1. The highest BCUT2D eigenvalue weighted by molar-refractivity contribution is 5.62. The van der Waals surface area contributed by atoms with Gasteiger partial charge in [0.05, 0.1) is 4.92 Å². The van der Waals surface area contributed by atoms with Crippen LogP contribution in [0, 0.1) is 16.0 Å². The van der Waals surface area contributed by atoms with Crippen molar-refractivity contribution in [2.24, 2.45) is 13.0 Å². The summed E-state index contributed by atoms with van der Waals surface area (Å²) in [5.74, 6) is 1.28. The first-order valence-electron chi connectivity index (χ1n) is 7.80. The van der Waals surface area contributed by atoms with Crippen LogP contribution in [0.15, 0.2) is 0 Å². The van der Waals surface area contributed by atoms with Gasteiger partial charge in [0.1, 0.15) is 5.69 Å². The Balaban J connectivity index is 1.92. The molecule has 0 spiro atoms. The van der Waals surface area contributed by atoms with Gasteiger partial charge in [0.2, 0.25) is 5.82 Å². The topological polar surface area (TPSA) is 76.2 Å². The second kappa shape index (κ2) is 5.63. The van der Waals surface area contributed by atoms with E-state index < -0.39 is 0 Å². The molecule has 0 aliphatic carbocycles. The molecule has 1 aromatic heterocycles. The highest BCUT2D eigenvalue weighted by Gasteiger charge is 2.39. The molecule has 3 rings (SSSR count). The molecule has 2 fully saturated rings. The molecule has 2 saturated heterocycles. The van der Waals surface area contributed by atoms with E-state index in [-0.39, 0.29) is 10.6 Å². The van der Waals surface area contributed by atoms with Crippen molar-refractivity contribution in [3.05, 3.63) is 15.8 Å². The number of nitrogens with zero attached hydrogens (tertiary/aromatic N) is 4. The first-order chi connectivity index (χ1) is 10.1. The van der Waals surface area contributed by atoms with E-state index in [0.29, 0.717) is 29.9 Å². The Morgan fingerprint density at radius 2 is 2.29 bits per heavy atom. The lowest BCUT2D eigenvalue weighted by Crippen LogP contribution is -2.40. The van der Waals surface area contributed by atoms with Crippen molar-refractivity contribution in [2.45, 2.75) is 38.6 Å². The number of aryl methyl sites for hydroxylation is 2. The van der Waals surface area contributed by atoms with Gasteiger partial charge in [-0.3, -0.25) is 10.1 Å². The van der Waals surface area contributed by atoms with Crippen LogP contribution in [0.2, 0.25) is 0 Å². The van der Waals surface area contributed by atoms with E-state index in [1.807, 2.05) is 14.0 Å². The molecule has 0 unspecified atom stereocenters. The predicted molar refractivity (Wildman–Crippen MR) is 80.6 cm³/mol. The predicted octanol–water partition coefficient (Wildman–Crippen LogP) is 1.47. The molecule has 0 radical (unpaired) electrons. The minimum absolute atomic E-state index is 0.206. The van der Waals surface area contributed by atoms with Gasteiger partial charge in [-0.2, -0.15) is 5.10 Å². The quantitative estimate of drug-likeness (QED) is 0.672. The average Bonchev–Trinajstić information content (AvgIpc) is 2.99. The number of anilines is 1. The molecular weight excluding hydrogens is 270 g/mol. The van der Waals surface area contributed by atoms with Gasteiger partial charge >= 0.3 is 5.69 Å². The zero-order valence-electron chi connectivity index (χ0n) is 12.7. The van der Waals surface area contributed by atoms with Crippen molar-refractivity contribution in [1.29, 1.82) is 0 Å². The Morgan fingerprint density at radius 1 is 1.48 bits per heavy atom. The van der Waals surface area contributed by atoms with Crippen molar-refractivity contribution >= 4 is 11.5 Å². The molecule has 3 heterocycles. The Morgan fingerprint density at radius 3 is 2.95 bits per heavy atom. The second-order valence-corrected chi connectivity index (χ2v) is 6.12. The maximum Gasteiger partial charge on any atom is 0.334 e. The number of hydrogen-bond donors (Lipinski definition) is 1. The summed E-state index contributed by atoms with van der Waals surface area (Å²) in [4.78, 5) is 13.4. The summed E-state index contributed by atoms with van der Waals surface area (Å²) < 4.78 is 1.69. The van der Waals surface area contributed by atoms with Gasteiger partial charge in [-0.15, -0.1) is 0 Å². The first-order valence-corrected chi connectivity index (χ1v) is 7.80. The standard InChI is InChI=1S/C14H23N5O2/c1-3-5-11-13(19(20)21)14(17(2)16-11)18-8-10-6-4-7-15-12(10)9-18/h10,12,15H,3-9H2,1-2H3/t10-,12+/m0/s1. The van der Waals surface area contributed by atoms with E-state index in [4.69, 9.17) is 0 Å². The summed E-state index contributed by atoms with van der Waals surface area (Å²) in [6.07, 6.45) is 3.93. The summed E-state index contributed by atoms with van der Waals surface area (Å²) in [7, 11) is 1.82. The molecule has 2 aliphatic heterocycles. The molecule has 7 heteroatoms. The minimum atomic E-state index is -0.261. The molecule has 0 bridgehead atoms. The lowest BCUT2D eigenvalue weighted by atomic mass is 9.94. The maximum atomic E-state index is 11.5. The van der Waals surface area contributed by atoms with Gasteiger partial charge in [-0.25, -0.2) is 4.68 Å². The molecule has 2 atom stereocenters. The fourth-order valence-electron chi connectivity index (χ4n) is 3.72. The number of hydrogen-bond acceptors (Lipinski definition) is 5. The van der Waals surface area contributed by atoms with Gasteiger partial charge in [0.25, 0.3) is 0 Å². The average molecular weight is 293 g/mol. The number of rotatable bonds is 4. The minimum Gasteiger partial charge on any atom is -0.349 e. The molecule has 1 N–H and O–H groups in total. The van der Waals surface area contributed by atoms with E-state index in [0.717, 1.165) is 26.1 Å². The van der Waals surface area contributed by atoms with Crippen LogP contribution in [0.4, 0.5) is 11.5 Å². The third-order valence-electron chi connectivity index (χ3n) is 4.63. The first kappa shape index (κ1) is 14.3. The summed E-state index contributed by atoms with van der Waals surface area (Å²) in [6.45, 7) is 4.82. The third kappa shape index (κ3) is 2.50. The summed E-state index contributed by atoms with van der Waals surface area (Å²) in [6, 6.07) is 0.461.